The number of anilines is 1. The summed E-state index contributed by atoms with van der Waals surface area (Å²) in [5.41, 5.74) is 8.08. The Hall–Kier alpha value is -4.82. The van der Waals surface area contributed by atoms with Crippen LogP contribution in [0.25, 0.3) is 5.57 Å². The summed E-state index contributed by atoms with van der Waals surface area (Å²) in [6, 6.07) is 9.73. The van der Waals surface area contributed by atoms with Gasteiger partial charge in [-0.05, 0) is 35.8 Å². The first-order valence-electron chi connectivity index (χ1n) is 21.0. The molecule has 2 aliphatic heterocycles. The van der Waals surface area contributed by atoms with E-state index in [2.05, 4.69) is 58.9 Å². The quantitative estimate of drug-likeness (QED) is 0.0612. The third-order valence-corrected chi connectivity index (χ3v) is 12.9. The van der Waals surface area contributed by atoms with Gasteiger partial charge in [-0.25, -0.2) is 9.97 Å². The number of nitrogens with zero attached hydrogens (tertiary/aromatic N) is 7. The number of amides is 3. The molecule has 14 nitrogen and oxygen atoms in total. The number of allylic oxidation sites excluding steroid dienone is 1. The van der Waals surface area contributed by atoms with Crippen LogP contribution in [-0.4, -0.2) is 108 Å². The van der Waals surface area contributed by atoms with Crippen molar-refractivity contribution in [3.63, 3.8) is 0 Å². The molecule has 3 N–H and O–H groups in total. The number of hydrogen-bond acceptors (Lipinski definition) is 13. The third-order valence-electron chi connectivity index (χ3n) is 10.8. The highest BCUT2D eigenvalue weighted by Crippen LogP contribution is 2.33. The molecule has 1 unspecified atom stereocenters. The van der Waals surface area contributed by atoms with Gasteiger partial charge in [-0.1, -0.05) is 89.6 Å². The van der Waals surface area contributed by atoms with Gasteiger partial charge in [0.2, 0.25) is 17.7 Å². The minimum Gasteiger partial charge on any atom is -0.444 e. The van der Waals surface area contributed by atoms with Crippen LogP contribution in [-0.2, 0) is 30.3 Å². The summed E-state index contributed by atoms with van der Waals surface area (Å²) in [6.07, 6.45) is 11.0. The smallest absolute Gasteiger partial charge is 0.264 e. The molecule has 61 heavy (non-hydrogen) atoms. The molecule has 2 fully saturated rings. The highest BCUT2D eigenvalue weighted by molar-refractivity contribution is 8.00. The number of ether oxygens (including phenoxy) is 1. The lowest BCUT2D eigenvalue weighted by molar-refractivity contribution is -0.133. The predicted molar refractivity (Wildman–Crippen MR) is 242 cm³/mol. The van der Waals surface area contributed by atoms with Crippen molar-refractivity contribution >= 4 is 57.7 Å². The van der Waals surface area contributed by atoms with Gasteiger partial charge < -0.3 is 30.0 Å². The van der Waals surface area contributed by atoms with Gasteiger partial charge in [-0.2, -0.15) is 5.26 Å². The minimum atomic E-state index is -0.376. The lowest BCUT2D eigenvalue weighted by Gasteiger charge is -2.34. The molecule has 328 valence electrons. The van der Waals surface area contributed by atoms with Crippen LogP contribution in [0.5, 0.6) is 0 Å². The lowest BCUT2D eigenvalue weighted by atomic mass is 9.89. The van der Waals surface area contributed by atoms with Gasteiger partial charge in [0.15, 0.2) is 5.13 Å². The van der Waals surface area contributed by atoms with Crippen LogP contribution in [0.3, 0.4) is 0 Å². The van der Waals surface area contributed by atoms with Crippen molar-refractivity contribution in [3.05, 3.63) is 77.3 Å². The first-order chi connectivity index (χ1) is 29.1. The Morgan fingerprint density at radius 1 is 1.10 bits per heavy atom. The van der Waals surface area contributed by atoms with Crippen molar-refractivity contribution in [3.8, 4) is 6.07 Å². The SMILES string of the molecule is CCCC(c1ccc(/C(C=NCC(=O)N2CCC(C(=O)Nc3ncc(SCc4ncc(C(C)(C)C)o4)s3)CC2)=C/N)cc1)N(C)C(=O)/C(C#N)=C/C(C)(C)CN1CCOCC1. The number of morpholine rings is 1. The molecule has 16 heteroatoms. The number of oxazole rings is 1. The molecule has 0 saturated carbocycles. The number of hydrogen-bond donors (Lipinski definition) is 2. The molecule has 0 bridgehead atoms. The standard InChI is InChI=1S/C45H61N9O5S2/c1-8-9-36(52(7)42(57)34(23-46)22-45(5,6)30-53-18-20-58-21-19-53)32-12-10-31(11-13-32)35(24-47)25-48-27-39(55)54-16-14-33(15-17-54)41(56)51-43-50-28-40(61-43)60-29-38-49-26-37(59-38)44(2,3)4/h10-13,22,24-26,28,33,36H,8-9,14-21,27,29-30,47H2,1-7H3,(H,50,51,56)/b34-22+,35-24+,48-25?. The summed E-state index contributed by atoms with van der Waals surface area (Å²) in [5, 5.41) is 13.6. The van der Waals surface area contributed by atoms with Crippen molar-refractivity contribution in [2.24, 2.45) is 22.1 Å². The normalized spacial score (nSPS) is 16.7. The lowest BCUT2D eigenvalue weighted by Crippen LogP contribution is -2.42. The van der Waals surface area contributed by atoms with E-state index < -0.39 is 0 Å². The number of nitrogens with one attached hydrogen (secondary N) is 1. The van der Waals surface area contributed by atoms with Crippen molar-refractivity contribution in [1.82, 2.24) is 24.7 Å². The third kappa shape index (κ3) is 13.6. The number of carbonyl (C=O) groups excluding carboxylic acids is 3. The second-order valence-corrected chi connectivity index (χ2v) is 19.6. The number of aromatic nitrogens is 2. The number of carbonyl (C=O) groups is 3. The van der Waals surface area contributed by atoms with E-state index in [4.69, 9.17) is 14.9 Å². The average Bonchev–Trinajstić information content (AvgIpc) is 3.93. The summed E-state index contributed by atoms with van der Waals surface area (Å²) in [5.74, 6) is 1.33. The van der Waals surface area contributed by atoms with E-state index in [1.807, 2.05) is 44.2 Å². The molecule has 2 aliphatic rings. The Morgan fingerprint density at radius 2 is 1.80 bits per heavy atom. The topological polar surface area (TPSA) is 183 Å². The molecule has 2 saturated heterocycles. The Balaban J connectivity index is 1.08. The number of likely N-dealkylation sites (tertiary alicyclic amines) is 1. The van der Waals surface area contributed by atoms with Crippen molar-refractivity contribution in [2.75, 3.05) is 64.8 Å². The largest absolute Gasteiger partial charge is 0.444 e. The molecule has 0 aliphatic carbocycles. The number of rotatable bonds is 17. The summed E-state index contributed by atoms with van der Waals surface area (Å²) < 4.78 is 12.3. The van der Waals surface area contributed by atoms with Gasteiger partial charge in [-0.3, -0.25) is 24.3 Å². The van der Waals surface area contributed by atoms with Gasteiger partial charge in [-0.15, -0.1) is 11.8 Å². The zero-order valence-electron chi connectivity index (χ0n) is 36.6. The van der Waals surface area contributed by atoms with Gasteiger partial charge >= 0.3 is 0 Å². The van der Waals surface area contributed by atoms with Crippen LogP contribution in [0, 0.1) is 22.7 Å². The van der Waals surface area contributed by atoms with Crippen LogP contribution in [0.15, 0.2) is 68.1 Å². The van der Waals surface area contributed by atoms with E-state index in [9.17, 15) is 19.6 Å². The molecule has 2 aromatic heterocycles. The first-order valence-corrected chi connectivity index (χ1v) is 22.8. The Bertz CT molecular complexity index is 2080. The zero-order valence-corrected chi connectivity index (χ0v) is 38.2. The molecule has 3 amide bonds. The maximum atomic E-state index is 13.7. The van der Waals surface area contributed by atoms with E-state index in [1.165, 1.54) is 17.5 Å². The molecular weight excluding hydrogens is 811 g/mol. The van der Waals surface area contributed by atoms with Crippen LogP contribution in [0.4, 0.5) is 5.13 Å². The zero-order chi connectivity index (χ0) is 44.2. The summed E-state index contributed by atoms with van der Waals surface area (Å²) in [6.45, 7) is 17.1. The highest BCUT2D eigenvalue weighted by atomic mass is 32.2. The van der Waals surface area contributed by atoms with E-state index in [0.29, 0.717) is 61.5 Å². The Kier molecular flexibility index (Phi) is 16.9. The number of nitrogens with two attached hydrogens (primary N) is 1. The minimum absolute atomic E-state index is 0.0413. The second kappa shape index (κ2) is 21.8. The van der Waals surface area contributed by atoms with Crippen molar-refractivity contribution < 1.29 is 23.5 Å². The van der Waals surface area contributed by atoms with Crippen LogP contribution in [0.1, 0.15) is 96.0 Å². The number of benzene rings is 1. The van der Waals surface area contributed by atoms with Crippen LogP contribution >= 0.6 is 23.1 Å². The van der Waals surface area contributed by atoms with Gasteiger partial charge in [0, 0.05) is 69.1 Å². The van der Waals surface area contributed by atoms with E-state index in [1.54, 1.807) is 47.2 Å². The molecule has 0 radical (unpaired) electrons. The van der Waals surface area contributed by atoms with Crippen LogP contribution < -0.4 is 11.1 Å². The first kappa shape index (κ1) is 47.2. The van der Waals surface area contributed by atoms with E-state index in [-0.39, 0.29) is 52.6 Å². The number of aliphatic imine (C=N–C) groups is 1. The fraction of sp³-hybridized carbons (Fsp3) is 0.533. The maximum Gasteiger partial charge on any atom is 0.264 e. The Labute approximate surface area is 368 Å². The number of likely N-dealkylation sites (N-methyl/N-ethyl adjacent to an activating group) is 1. The Morgan fingerprint density at radius 3 is 2.43 bits per heavy atom. The monoisotopic (exact) mass is 871 g/mol. The van der Waals surface area contributed by atoms with Gasteiger partial charge in [0.25, 0.3) is 5.91 Å². The number of thioether (sulfide) groups is 1. The number of nitriles is 1. The maximum absolute atomic E-state index is 13.7. The van der Waals surface area contributed by atoms with Crippen LogP contribution in [0.2, 0.25) is 0 Å². The molecular formula is C45H61N9O5S2. The van der Waals surface area contributed by atoms with Crippen molar-refractivity contribution in [2.45, 2.75) is 88.6 Å². The highest BCUT2D eigenvalue weighted by Gasteiger charge is 2.30. The number of thiazole rings is 1. The summed E-state index contributed by atoms with van der Waals surface area (Å²) in [7, 11) is 1.76. The average molecular weight is 872 g/mol. The molecule has 1 aromatic carbocycles. The molecule has 0 spiro atoms. The predicted octanol–water partition coefficient (Wildman–Crippen LogP) is 7.08. The second-order valence-electron chi connectivity index (χ2n) is 17.3. The fourth-order valence-electron chi connectivity index (χ4n) is 7.38. The van der Waals surface area contributed by atoms with Crippen molar-refractivity contribution in [1.29, 1.82) is 5.26 Å². The van der Waals surface area contributed by atoms with Gasteiger partial charge in [0.05, 0.1) is 41.6 Å². The van der Waals surface area contributed by atoms with E-state index >= 15 is 0 Å². The number of piperidine rings is 1. The summed E-state index contributed by atoms with van der Waals surface area (Å²) >= 11 is 2.97. The molecule has 5 rings (SSSR count). The summed E-state index contributed by atoms with van der Waals surface area (Å²) in [4.78, 5) is 58.8. The van der Waals surface area contributed by atoms with E-state index in [0.717, 1.165) is 53.6 Å². The molecule has 1 atom stereocenters. The molecule has 4 heterocycles. The molecule has 3 aromatic rings. The van der Waals surface area contributed by atoms with Gasteiger partial charge in [0.1, 0.15) is 23.9 Å². The fourth-order valence-corrected chi connectivity index (χ4v) is 9.10.